The Bertz CT molecular complexity index is 593. The Morgan fingerprint density at radius 1 is 1.21 bits per heavy atom. The van der Waals surface area contributed by atoms with Gasteiger partial charge < -0.3 is 9.47 Å². The number of aromatic nitrogens is 1. The molecule has 19 heavy (non-hydrogen) atoms. The molecule has 0 unspecified atom stereocenters. The first-order chi connectivity index (χ1) is 9.10. The van der Waals surface area contributed by atoms with Crippen LogP contribution < -0.4 is 9.47 Å². The number of ether oxygens (including phenoxy) is 2. The van der Waals surface area contributed by atoms with Gasteiger partial charge in [0.05, 0.1) is 22.3 Å². The average molecular weight is 363 g/mol. The number of rotatable bonds is 4. The zero-order chi connectivity index (χ0) is 13.8. The van der Waals surface area contributed by atoms with Crippen LogP contribution in [0, 0.1) is 0 Å². The van der Waals surface area contributed by atoms with Crippen molar-refractivity contribution in [3.8, 4) is 11.5 Å². The molecule has 0 aliphatic rings. The number of benzene rings is 1. The van der Waals surface area contributed by atoms with E-state index in [-0.39, 0.29) is 6.61 Å². The van der Waals surface area contributed by atoms with Gasteiger partial charge in [0.15, 0.2) is 0 Å². The summed E-state index contributed by atoms with van der Waals surface area (Å²) >= 11 is 15.2. The Kier molecular flexibility index (Phi) is 4.91. The molecule has 3 nitrogen and oxygen atoms in total. The second-order valence-corrected chi connectivity index (χ2v) is 5.30. The quantitative estimate of drug-likeness (QED) is 0.736. The number of hydrogen-bond acceptors (Lipinski definition) is 3. The summed E-state index contributed by atoms with van der Waals surface area (Å²) in [6, 6.07) is 8.77. The van der Waals surface area contributed by atoms with Gasteiger partial charge in [0.2, 0.25) is 0 Å². The summed E-state index contributed by atoms with van der Waals surface area (Å²) in [6.45, 7) is 0.240. The third-order valence-electron chi connectivity index (χ3n) is 2.39. The molecule has 0 bridgehead atoms. The van der Waals surface area contributed by atoms with E-state index in [1.165, 1.54) is 0 Å². The predicted molar refractivity (Wildman–Crippen MR) is 79.3 cm³/mol. The van der Waals surface area contributed by atoms with E-state index >= 15 is 0 Å². The van der Waals surface area contributed by atoms with Crippen molar-refractivity contribution >= 4 is 39.1 Å². The fraction of sp³-hybridized carbons (Fsp3) is 0.154. The van der Waals surface area contributed by atoms with Gasteiger partial charge >= 0.3 is 0 Å². The van der Waals surface area contributed by atoms with Crippen molar-refractivity contribution in [1.29, 1.82) is 0 Å². The number of nitrogens with zero attached hydrogens (tertiary/aromatic N) is 1. The average Bonchev–Trinajstić information content (AvgIpc) is 2.40. The smallest absolute Gasteiger partial charge is 0.134 e. The number of halogens is 3. The van der Waals surface area contributed by atoms with Gasteiger partial charge in [-0.25, -0.2) is 4.98 Å². The third kappa shape index (κ3) is 3.75. The fourth-order valence-electron chi connectivity index (χ4n) is 1.43. The minimum Gasteiger partial charge on any atom is -0.497 e. The zero-order valence-electron chi connectivity index (χ0n) is 9.99. The van der Waals surface area contributed by atoms with E-state index in [1.807, 2.05) is 12.1 Å². The molecule has 100 valence electrons. The maximum Gasteiger partial charge on any atom is 0.134 e. The standard InChI is InChI=1S/C13H10BrCl2NO2/c1-18-8-2-4-12(9(14)6-8)19-7-11-10(15)3-5-13(16)17-11/h2-6H,7H2,1H3. The van der Waals surface area contributed by atoms with Crippen LogP contribution in [0.2, 0.25) is 10.2 Å². The lowest BCUT2D eigenvalue weighted by Gasteiger charge is -2.10. The van der Waals surface area contributed by atoms with Crippen LogP contribution in [0.5, 0.6) is 11.5 Å². The van der Waals surface area contributed by atoms with Crippen molar-refractivity contribution in [2.45, 2.75) is 6.61 Å². The van der Waals surface area contributed by atoms with Crippen LogP contribution in [0.1, 0.15) is 5.69 Å². The van der Waals surface area contributed by atoms with Crippen LogP contribution >= 0.6 is 39.1 Å². The van der Waals surface area contributed by atoms with E-state index in [2.05, 4.69) is 20.9 Å². The Morgan fingerprint density at radius 3 is 2.68 bits per heavy atom. The summed E-state index contributed by atoms with van der Waals surface area (Å²) < 4.78 is 11.6. The van der Waals surface area contributed by atoms with Gasteiger partial charge in [0.1, 0.15) is 23.3 Å². The number of pyridine rings is 1. The first kappa shape index (κ1) is 14.4. The molecule has 1 aromatic carbocycles. The summed E-state index contributed by atoms with van der Waals surface area (Å²) in [7, 11) is 1.61. The third-order valence-corrected chi connectivity index (χ3v) is 3.56. The Balaban J connectivity index is 2.12. The van der Waals surface area contributed by atoms with Gasteiger partial charge in [-0.15, -0.1) is 0 Å². The summed E-state index contributed by atoms with van der Waals surface area (Å²) in [5, 5.41) is 0.908. The highest BCUT2D eigenvalue weighted by Crippen LogP contribution is 2.30. The normalized spacial score (nSPS) is 10.3. The minimum absolute atomic E-state index is 0.240. The van der Waals surface area contributed by atoms with E-state index in [1.54, 1.807) is 25.3 Å². The van der Waals surface area contributed by atoms with E-state index < -0.39 is 0 Å². The van der Waals surface area contributed by atoms with Crippen molar-refractivity contribution < 1.29 is 9.47 Å². The van der Waals surface area contributed by atoms with Crippen LogP contribution in [-0.4, -0.2) is 12.1 Å². The topological polar surface area (TPSA) is 31.4 Å². The molecule has 0 aliphatic heterocycles. The fourth-order valence-corrected chi connectivity index (χ4v) is 2.23. The molecular formula is C13H10BrCl2NO2. The van der Waals surface area contributed by atoms with Crippen molar-refractivity contribution in [3.05, 3.63) is 50.7 Å². The lowest BCUT2D eigenvalue weighted by atomic mass is 10.3. The number of hydrogen-bond donors (Lipinski definition) is 0. The van der Waals surface area contributed by atoms with Crippen molar-refractivity contribution in [3.63, 3.8) is 0 Å². The Morgan fingerprint density at radius 2 is 2.00 bits per heavy atom. The van der Waals surface area contributed by atoms with Crippen LogP contribution in [0.25, 0.3) is 0 Å². The SMILES string of the molecule is COc1ccc(OCc2nc(Cl)ccc2Cl)c(Br)c1. The van der Waals surface area contributed by atoms with E-state index in [4.69, 9.17) is 32.7 Å². The van der Waals surface area contributed by atoms with E-state index in [0.717, 1.165) is 10.2 Å². The van der Waals surface area contributed by atoms with Gasteiger partial charge in [-0.05, 0) is 46.3 Å². The van der Waals surface area contributed by atoms with Crippen LogP contribution in [0.15, 0.2) is 34.8 Å². The van der Waals surface area contributed by atoms with Crippen LogP contribution in [0.3, 0.4) is 0 Å². The molecule has 0 fully saturated rings. The molecule has 0 atom stereocenters. The van der Waals surface area contributed by atoms with Crippen molar-refractivity contribution in [1.82, 2.24) is 4.98 Å². The molecule has 0 saturated carbocycles. The summed E-state index contributed by atoms with van der Waals surface area (Å²) in [4.78, 5) is 4.12. The minimum atomic E-state index is 0.240. The van der Waals surface area contributed by atoms with Crippen molar-refractivity contribution in [2.24, 2.45) is 0 Å². The number of methoxy groups -OCH3 is 1. The molecule has 0 radical (unpaired) electrons. The highest BCUT2D eigenvalue weighted by molar-refractivity contribution is 9.10. The van der Waals surface area contributed by atoms with Gasteiger partial charge in [-0.2, -0.15) is 0 Å². The molecule has 0 amide bonds. The lowest BCUT2D eigenvalue weighted by Crippen LogP contribution is -2.00. The Hall–Kier alpha value is -0.970. The van der Waals surface area contributed by atoms with Gasteiger partial charge in [-0.1, -0.05) is 23.2 Å². The summed E-state index contributed by atoms with van der Waals surface area (Å²) in [6.07, 6.45) is 0. The second-order valence-electron chi connectivity index (χ2n) is 3.65. The van der Waals surface area contributed by atoms with Gasteiger partial charge in [-0.3, -0.25) is 0 Å². The molecule has 2 rings (SSSR count). The largest absolute Gasteiger partial charge is 0.497 e. The van der Waals surface area contributed by atoms with Crippen LogP contribution in [0.4, 0.5) is 0 Å². The lowest BCUT2D eigenvalue weighted by molar-refractivity contribution is 0.299. The second kappa shape index (κ2) is 6.46. The molecule has 2 aromatic rings. The maximum absolute atomic E-state index is 6.02. The first-order valence-electron chi connectivity index (χ1n) is 5.37. The highest BCUT2D eigenvalue weighted by atomic mass is 79.9. The van der Waals surface area contributed by atoms with Crippen LogP contribution in [-0.2, 0) is 6.61 Å². The first-order valence-corrected chi connectivity index (χ1v) is 6.92. The molecule has 1 heterocycles. The molecule has 1 aromatic heterocycles. The monoisotopic (exact) mass is 361 g/mol. The zero-order valence-corrected chi connectivity index (χ0v) is 13.1. The van der Waals surface area contributed by atoms with Crippen molar-refractivity contribution in [2.75, 3.05) is 7.11 Å². The van der Waals surface area contributed by atoms with E-state index in [0.29, 0.717) is 21.6 Å². The Labute approximate surface area is 129 Å². The molecule has 0 N–H and O–H groups in total. The summed E-state index contributed by atoms with van der Waals surface area (Å²) in [5.41, 5.74) is 0.594. The van der Waals surface area contributed by atoms with E-state index in [9.17, 15) is 0 Å². The maximum atomic E-state index is 6.02. The molecule has 0 aliphatic carbocycles. The predicted octanol–water partition coefficient (Wildman–Crippen LogP) is 4.74. The molecule has 0 saturated heterocycles. The van der Waals surface area contributed by atoms with Gasteiger partial charge in [0, 0.05) is 0 Å². The molecular weight excluding hydrogens is 353 g/mol. The molecule has 0 spiro atoms. The van der Waals surface area contributed by atoms with Gasteiger partial charge in [0.25, 0.3) is 0 Å². The molecule has 6 heteroatoms. The summed E-state index contributed by atoms with van der Waals surface area (Å²) in [5.74, 6) is 1.43. The highest BCUT2D eigenvalue weighted by Gasteiger charge is 2.07.